The first-order valence-corrected chi connectivity index (χ1v) is 8.03. The lowest BCUT2D eigenvalue weighted by Gasteiger charge is -2.08. The summed E-state index contributed by atoms with van der Waals surface area (Å²) in [5.74, 6) is -0.351. The fraction of sp³-hybridized carbons (Fsp3) is 0.462. The molecule has 20 heavy (non-hydrogen) atoms. The molecule has 0 unspecified atom stereocenters. The highest BCUT2D eigenvalue weighted by atomic mass is 32.2. The summed E-state index contributed by atoms with van der Waals surface area (Å²) in [6.45, 7) is 2.59. The van der Waals surface area contributed by atoms with Gasteiger partial charge in [0.05, 0.1) is 17.3 Å². The van der Waals surface area contributed by atoms with E-state index in [0.29, 0.717) is 24.5 Å². The number of carbonyl (C=O) groups is 1. The molecule has 1 aromatic carbocycles. The van der Waals surface area contributed by atoms with Gasteiger partial charge in [0.25, 0.3) is 0 Å². The fourth-order valence-electron chi connectivity index (χ4n) is 1.61. The predicted molar refractivity (Wildman–Crippen MR) is 77.3 cm³/mol. The largest absolute Gasteiger partial charge is 0.383 e. The van der Waals surface area contributed by atoms with Crippen LogP contribution < -0.4 is 11.1 Å². The number of benzene rings is 1. The molecule has 1 rings (SSSR count). The molecular weight excluding hydrogens is 280 g/mol. The highest BCUT2D eigenvalue weighted by Gasteiger charge is 2.12. The van der Waals surface area contributed by atoms with Crippen molar-refractivity contribution in [2.75, 3.05) is 30.8 Å². The van der Waals surface area contributed by atoms with Crippen LogP contribution in [0.1, 0.15) is 13.3 Å². The minimum absolute atomic E-state index is 0.101. The smallest absolute Gasteiger partial charge is 0.243 e. The van der Waals surface area contributed by atoms with Crippen LogP contribution in [0.15, 0.2) is 29.2 Å². The molecule has 3 N–H and O–H groups in total. The van der Waals surface area contributed by atoms with Gasteiger partial charge in [-0.05, 0) is 30.7 Å². The van der Waals surface area contributed by atoms with Gasteiger partial charge in [-0.2, -0.15) is 0 Å². The number of nitrogens with one attached hydrogen (secondary N) is 1. The van der Waals surface area contributed by atoms with E-state index in [-0.39, 0.29) is 12.4 Å². The Hall–Kier alpha value is -1.60. The standard InChI is InChI=1S/C13H20N2O4S/c1-2-9-20(17,18)12-5-3-11(4-6-12)15-7-8-19-10-13(14)16/h3-6,15H,2,7-10H2,1H3,(H2,14,16). The third-order valence-corrected chi connectivity index (χ3v) is 4.44. The van der Waals surface area contributed by atoms with Gasteiger partial charge >= 0.3 is 0 Å². The maximum atomic E-state index is 11.8. The molecule has 6 nitrogen and oxygen atoms in total. The van der Waals surface area contributed by atoms with Gasteiger partial charge in [-0.25, -0.2) is 8.42 Å². The average Bonchev–Trinajstić information content (AvgIpc) is 2.38. The second kappa shape index (κ2) is 7.86. The number of anilines is 1. The number of amides is 1. The number of ether oxygens (including phenoxy) is 1. The van der Waals surface area contributed by atoms with E-state index in [1.54, 1.807) is 24.3 Å². The molecule has 0 aromatic heterocycles. The Balaban J connectivity index is 2.45. The number of sulfone groups is 1. The van der Waals surface area contributed by atoms with E-state index in [2.05, 4.69) is 5.32 Å². The molecule has 0 atom stereocenters. The zero-order valence-electron chi connectivity index (χ0n) is 11.5. The van der Waals surface area contributed by atoms with E-state index >= 15 is 0 Å². The van der Waals surface area contributed by atoms with Gasteiger partial charge in [0.2, 0.25) is 5.91 Å². The summed E-state index contributed by atoms with van der Waals surface area (Å²) >= 11 is 0. The average molecular weight is 300 g/mol. The van der Waals surface area contributed by atoms with Gasteiger partial charge in [0.1, 0.15) is 6.61 Å². The second-order valence-corrected chi connectivity index (χ2v) is 6.40. The van der Waals surface area contributed by atoms with Crippen LogP contribution in [0, 0.1) is 0 Å². The Kier molecular flexibility index (Phi) is 6.47. The van der Waals surface area contributed by atoms with Crippen molar-refractivity contribution in [2.45, 2.75) is 18.2 Å². The number of carbonyl (C=O) groups excluding carboxylic acids is 1. The van der Waals surface area contributed by atoms with E-state index in [9.17, 15) is 13.2 Å². The van der Waals surface area contributed by atoms with Crippen LogP contribution in [-0.2, 0) is 19.4 Å². The van der Waals surface area contributed by atoms with Gasteiger partial charge in [-0.15, -0.1) is 0 Å². The normalized spacial score (nSPS) is 11.2. The van der Waals surface area contributed by atoms with Crippen molar-refractivity contribution in [3.63, 3.8) is 0 Å². The molecule has 112 valence electrons. The first kappa shape index (κ1) is 16.5. The van der Waals surface area contributed by atoms with Gasteiger partial charge in [-0.3, -0.25) is 4.79 Å². The first-order chi connectivity index (χ1) is 9.45. The summed E-state index contributed by atoms with van der Waals surface area (Å²) in [6.07, 6.45) is 0.597. The summed E-state index contributed by atoms with van der Waals surface area (Å²) in [5, 5.41) is 3.06. The van der Waals surface area contributed by atoms with E-state index in [0.717, 1.165) is 5.69 Å². The zero-order valence-corrected chi connectivity index (χ0v) is 12.3. The molecule has 0 spiro atoms. The molecule has 0 heterocycles. The third-order valence-electron chi connectivity index (χ3n) is 2.51. The quantitative estimate of drug-likeness (QED) is 0.657. The van der Waals surface area contributed by atoms with Gasteiger partial charge in [0, 0.05) is 12.2 Å². The second-order valence-electron chi connectivity index (χ2n) is 4.29. The summed E-state index contributed by atoms with van der Waals surface area (Å²) in [4.78, 5) is 10.8. The third kappa shape index (κ3) is 5.58. The minimum Gasteiger partial charge on any atom is -0.383 e. The van der Waals surface area contributed by atoms with Gasteiger partial charge in [-0.1, -0.05) is 6.92 Å². The number of primary amides is 1. The Morgan fingerprint density at radius 3 is 2.50 bits per heavy atom. The van der Waals surface area contributed by atoms with Crippen molar-refractivity contribution < 1.29 is 17.9 Å². The highest BCUT2D eigenvalue weighted by Crippen LogP contribution is 2.15. The number of hydrogen-bond acceptors (Lipinski definition) is 5. The Bertz CT molecular complexity index is 526. The predicted octanol–water partition coefficient (Wildman–Crippen LogP) is 0.784. The van der Waals surface area contributed by atoms with Crippen LogP contribution in [-0.4, -0.2) is 39.8 Å². The summed E-state index contributed by atoms with van der Waals surface area (Å²) < 4.78 is 28.6. The molecule has 1 amide bonds. The molecule has 0 radical (unpaired) electrons. The number of hydrogen-bond donors (Lipinski definition) is 2. The molecule has 1 aromatic rings. The molecule has 0 aliphatic rings. The van der Waals surface area contributed by atoms with E-state index in [4.69, 9.17) is 10.5 Å². The molecule has 0 bridgehead atoms. The van der Waals surface area contributed by atoms with Crippen LogP contribution in [0.2, 0.25) is 0 Å². The maximum absolute atomic E-state index is 11.8. The number of rotatable bonds is 9. The van der Waals surface area contributed by atoms with Crippen molar-refractivity contribution >= 4 is 21.4 Å². The van der Waals surface area contributed by atoms with Crippen LogP contribution >= 0.6 is 0 Å². The van der Waals surface area contributed by atoms with Crippen LogP contribution in [0.4, 0.5) is 5.69 Å². The lowest BCUT2D eigenvalue weighted by molar-refractivity contribution is -0.122. The van der Waals surface area contributed by atoms with Gasteiger partial charge in [0.15, 0.2) is 9.84 Å². The van der Waals surface area contributed by atoms with Crippen LogP contribution in [0.5, 0.6) is 0 Å². The topological polar surface area (TPSA) is 98.5 Å². The van der Waals surface area contributed by atoms with Crippen molar-refractivity contribution in [1.29, 1.82) is 0 Å². The SMILES string of the molecule is CCCS(=O)(=O)c1ccc(NCCOCC(N)=O)cc1. The lowest BCUT2D eigenvalue weighted by atomic mass is 10.3. The highest BCUT2D eigenvalue weighted by molar-refractivity contribution is 7.91. The van der Waals surface area contributed by atoms with E-state index < -0.39 is 15.7 Å². The molecule has 7 heteroatoms. The molecule has 0 saturated heterocycles. The zero-order chi connectivity index (χ0) is 15.0. The van der Waals surface area contributed by atoms with Gasteiger partial charge < -0.3 is 15.8 Å². The van der Waals surface area contributed by atoms with Crippen molar-refractivity contribution in [1.82, 2.24) is 0 Å². The first-order valence-electron chi connectivity index (χ1n) is 6.38. The molecule has 0 aliphatic carbocycles. The van der Waals surface area contributed by atoms with Crippen LogP contribution in [0.3, 0.4) is 0 Å². The van der Waals surface area contributed by atoms with Crippen molar-refractivity contribution in [2.24, 2.45) is 5.73 Å². The minimum atomic E-state index is -3.17. The summed E-state index contributed by atoms with van der Waals surface area (Å²) in [7, 11) is -3.17. The molecule has 0 aliphatic heterocycles. The summed E-state index contributed by atoms with van der Waals surface area (Å²) in [5.41, 5.74) is 5.72. The van der Waals surface area contributed by atoms with Crippen molar-refractivity contribution in [3.05, 3.63) is 24.3 Å². The molecule has 0 fully saturated rings. The van der Waals surface area contributed by atoms with E-state index in [1.165, 1.54) is 0 Å². The summed E-state index contributed by atoms with van der Waals surface area (Å²) in [6, 6.07) is 6.57. The Morgan fingerprint density at radius 2 is 1.95 bits per heavy atom. The molecular formula is C13H20N2O4S. The fourth-order valence-corrected chi connectivity index (χ4v) is 2.93. The lowest BCUT2D eigenvalue weighted by Crippen LogP contribution is -2.20. The Labute approximate surface area is 119 Å². The van der Waals surface area contributed by atoms with Crippen LogP contribution in [0.25, 0.3) is 0 Å². The Morgan fingerprint density at radius 1 is 1.30 bits per heavy atom. The number of nitrogens with two attached hydrogens (primary N) is 1. The van der Waals surface area contributed by atoms with Crippen molar-refractivity contribution in [3.8, 4) is 0 Å². The van der Waals surface area contributed by atoms with E-state index in [1.807, 2.05) is 6.92 Å². The maximum Gasteiger partial charge on any atom is 0.243 e. The monoisotopic (exact) mass is 300 g/mol. The molecule has 0 saturated carbocycles.